The summed E-state index contributed by atoms with van der Waals surface area (Å²) in [6.07, 6.45) is -1.65. The third-order valence-electron chi connectivity index (χ3n) is 9.63. The second kappa shape index (κ2) is 14.5. The van der Waals surface area contributed by atoms with Gasteiger partial charge in [0.15, 0.2) is 11.6 Å². The minimum absolute atomic E-state index is 0.0737. The SMILES string of the molecule is Cc1cc(Oc2ccccc2F)ccc1-n1ncc(C(=O)c2cc3cc(OCC(F)F)c(CC(=O)OCC4c5ccccc5-c5ccccc54)cc3[nH]2)c1N. The van der Waals surface area contributed by atoms with Crippen LogP contribution in [-0.2, 0) is 16.0 Å². The first-order valence-corrected chi connectivity index (χ1v) is 17.5. The predicted octanol–water partition coefficient (Wildman–Crippen LogP) is 8.95. The van der Waals surface area contributed by atoms with Crippen molar-refractivity contribution in [3.63, 3.8) is 0 Å². The fourth-order valence-electron chi connectivity index (χ4n) is 7.03. The number of ketones is 1. The van der Waals surface area contributed by atoms with Crippen molar-refractivity contribution in [1.29, 1.82) is 0 Å². The van der Waals surface area contributed by atoms with Crippen LogP contribution in [0.2, 0.25) is 0 Å². The number of aromatic nitrogens is 3. The molecule has 0 atom stereocenters. The number of aryl methyl sites for hydroxylation is 1. The molecule has 0 bridgehead atoms. The number of aromatic amines is 1. The number of H-pyrrole nitrogens is 1. The van der Waals surface area contributed by atoms with E-state index in [0.717, 1.165) is 22.3 Å². The highest BCUT2D eigenvalue weighted by atomic mass is 19.3. The van der Waals surface area contributed by atoms with E-state index in [0.29, 0.717) is 33.5 Å². The maximum absolute atomic E-state index is 14.1. The molecule has 8 rings (SSSR count). The number of hydrogen-bond donors (Lipinski definition) is 2. The Balaban J connectivity index is 1.01. The van der Waals surface area contributed by atoms with Crippen molar-refractivity contribution in [3.05, 3.63) is 155 Å². The van der Waals surface area contributed by atoms with E-state index in [2.05, 4.69) is 10.1 Å². The summed E-state index contributed by atoms with van der Waals surface area (Å²) in [4.78, 5) is 30.1. The van der Waals surface area contributed by atoms with E-state index in [4.69, 9.17) is 19.9 Å². The highest BCUT2D eigenvalue weighted by molar-refractivity contribution is 6.12. The number of ether oxygens (including phenoxy) is 3. The van der Waals surface area contributed by atoms with Gasteiger partial charge in [-0.15, -0.1) is 0 Å². The fraction of sp³-hybridized carbons (Fsp3) is 0.140. The first-order chi connectivity index (χ1) is 26.6. The lowest BCUT2D eigenvalue weighted by Crippen LogP contribution is -2.15. The van der Waals surface area contributed by atoms with Gasteiger partial charge >= 0.3 is 5.97 Å². The van der Waals surface area contributed by atoms with Crippen molar-refractivity contribution in [2.24, 2.45) is 0 Å². The van der Waals surface area contributed by atoms with Crippen molar-refractivity contribution in [1.82, 2.24) is 14.8 Å². The zero-order chi connectivity index (χ0) is 38.2. The average molecular weight is 743 g/mol. The van der Waals surface area contributed by atoms with Crippen molar-refractivity contribution in [3.8, 4) is 34.1 Å². The maximum atomic E-state index is 14.1. The highest BCUT2D eigenvalue weighted by Gasteiger charge is 2.29. The molecule has 2 heterocycles. The standard InChI is InChI=1S/C43H33F3N4O5/c1-24-16-27(55-38-13-7-6-12-34(38)44)14-15-37(24)50-43(47)32(21-48-50)42(52)36-17-25-19-39(53-23-40(45)46)26(18-35(25)49-36)20-41(51)54-22-33-30-10-4-2-8-28(30)29-9-3-5-11-31(29)33/h2-19,21,33,40,49H,20,22-23,47H2,1H3. The Morgan fingerprint density at radius 1 is 0.891 bits per heavy atom. The minimum atomic E-state index is -2.75. The molecule has 1 aliphatic rings. The van der Waals surface area contributed by atoms with E-state index >= 15 is 0 Å². The molecule has 0 saturated carbocycles. The molecule has 1 aliphatic carbocycles. The number of nitrogens with one attached hydrogen (secondary N) is 1. The first kappa shape index (κ1) is 35.2. The lowest BCUT2D eigenvalue weighted by Gasteiger charge is -2.15. The van der Waals surface area contributed by atoms with Crippen LogP contribution in [-0.4, -0.2) is 46.2 Å². The number of nitrogens with two attached hydrogens (primary N) is 1. The third kappa shape index (κ3) is 6.90. The predicted molar refractivity (Wildman–Crippen MR) is 201 cm³/mol. The van der Waals surface area contributed by atoms with E-state index in [-0.39, 0.29) is 47.5 Å². The molecule has 0 radical (unpaired) electrons. The van der Waals surface area contributed by atoms with E-state index in [1.54, 1.807) is 49.4 Å². The van der Waals surface area contributed by atoms with E-state index in [9.17, 15) is 22.8 Å². The molecule has 0 unspecified atom stereocenters. The molecule has 9 nitrogen and oxygen atoms in total. The smallest absolute Gasteiger partial charge is 0.310 e. The van der Waals surface area contributed by atoms with Gasteiger partial charge in [-0.3, -0.25) is 9.59 Å². The van der Waals surface area contributed by atoms with E-state index in [1.807, 2.05) is 48.5 Å². The highest BCUT2D eigenvalue weighted by Crippen LogP contribution is 2.44. The summed E-state index contributed by atoms with van der Waals surface area (Å²) in [5.41, 5.74) is 13.1. The lowest BCUT2D eigenvalue weighted by molar-refractivity contribution is -0.143. The average Bonchev–Trinajstić information content (AvgIpc) is 3.87. The van der Waals surface area contributed by atoms with Gasteiger partial charge in [0, 0.05) is 22.4 Å². The molecule has 276 valence electrons. The Bertz CT molecular complexity index is 2550. The molecular weight excluding hydrogens is 709 g/mol. The van der Waals surface area contributed by atoms with Crippen molar-refractivity contribution >= 4 is 28.5 Å². The van der Waals surface area contributed by atoms with Crippen LogP contribution in [0.5, 0.6) is 17.2 Å². The number of para-hydroxylation sites is 1. The van der Waals surface area contributed by atoms with Crippen molar-refractivity contribution < 1.29 is 37.0 Å². The number of benzene rings is 5. The summed E-state index contributed by atoms with van der Waals surface area (Å²) < 4.78 is 59.0. The van der Waals surface area contributed by atoms with Gasteiger partial charge in [0.1, 0.15) is 30.5 Å². The summed E-state index contributed by atoms with van der Waals surface area (Å²) in [6, 6.07) is 31.7. The molecule has 0 saturated heterocycles. The van der Waals surface area contributed by atoms with E-state index in [1.165, 1.54) is 29.1 Å². The molecule has 2 aromatic heterocycles. The lowest BCUT2D eigenvalue weighted by atomic mass is 9.98. The number of halogens is 3. The Hall–Kier alpha value is -6.82. The van der Waals surface area contributed by atoms with E-state index < -0.39 is 30.6 Å². The van der Waals surface area contributed by atoms with Crippen LogP contribution in [0.3, 0.4) is 0 Å². The first-order valence-electron chi connectivity index (χ1n) is 17.5. The number of hydrogen-bond acceptors (Lipinski definition) is 7. The molecular formula is C43H33F3N4O5. The number of anilines is 1. The number of nitrogens with zero attached hydrogens (tertiary/aromatic N) is 2. The zero-order valence-electron chi connectivity index (χ0n) is 29.4. The summed E-state index contributed by atoms with van der Waals surface area (Å²) >= 11 is 0. The third-order valence-corrected chi connectivity index (χ3v) is 9.63. The number of rotatable bonds is 12. The molecule has 0 fully saturated rings. The van der Waals surface area contributed by atoms with Crippen molar-refractivity contribution in [2.75, 3.05) is 18.9 Å². The Morgan fingerprint density at radius 2 is 1.60 bits per heavy atom. The molecule has 0 amide bonds. The number of nitrogen functional groups attached to an aromatic ring is 1. The fourth-order valence-corrected chi connectivity index (χ4v) is 7.03. The number of carbonyl (C=O) groups is 2. The molecule has 5 aromatic carbocycles. The van der Waals surface area contributed by atoms with Gasteiger partial charge in [-0.25, -0.2) is 17.9 Å². The van der Waals surface area contributed by atoms with Gasteiger partial charge in [-0.1, -0.05) is 60.7 Å². The zero-order valence-corrected chi connectivity index (χ0v) is 29.4. The molecule has 7 aromatic rings. The van der Waals surface area contributed by atoms with Gasteiger partial charge in [0.05, 0.1) is 29.6 Å². The number of carbonyl (C=O) groups excluding carboxylic acids is 2. The second-order valence-corrected chi connectivity index (χ2v) is 13.2. The Labute approximate surface area is 313 Å². The van der Waals surface area contributed by atoms with Crippen LogP contribution in [0, 0.1) is 12.7 Å². The molecule has 0 spiro atoms. The largest absolute Gasteiger partial charge is 0.487 e. The Kier molecular flexibility index (Phi) is 9.31. The maximum Gasteiger partial charge on any atom is 0.310 e. The van der Waals surface area contributed by atoms with Crippen LogP contribution in [0.4, 0.5) is 19.0 Å². The topological polar surface area (TPSA) is 121 Å². The molecule has 3 N–H and O–H groups in total. The normalized spacial score (nSPS) is 12.2. The quantitative estimate of drug-likeness (QED) is 0.0947. The summed E-state index contributed by atoms with van der Waals surface area (Å²) in [6.45, 7) is 1.02. The summed E-state index contributed by atoms with van der Waals surface area (Å²) in [7, 11) is 0. The second-order valence-electron chi connectivity index (χ2n) is 13.2. The minimum Gasteiger partial charge on any atom is -0.487 e. The van der Waals surface area contributed by atoms with Crippen LogP contribution in [0.25, 0.3) is 27.7 Å². The Morgan fingerprint density at radius 3 is 2.31 bits per heavy atom. The van der Waals surface area contributed by atoms with Crippen LogP contribution < -0.4 is 15.2 Å². The van der Waals surface area contributed by atoms with Crippen LogP contribution in [0.15, 0.2) is 115 Å². The van der Waals surface area contributed by atoms with Crippen LogP contribution in [0.1, 0.15) is 44.2 Å². The number of alkyl halides is 2. The van der Waals surface area contributed by atoms with Crippen molar-refractivity contribution in [2.45, 2.75) is 25.7 Å². The van der Waals surface area contributed by atoms with Gasteiger partial charge in [-0.05, 0) is 83.3 Å². The molecule has 12 heteroatoms. The van der Waals surface area contributed by atoms with Gasteiger partial charge in [0.25, 0.3) is 6.43 Å². The van der Waals surface area contributed by atoms with Gasteiger partial charge in [-0.2, -0.15) is 5.10 Å². The van der Waals surface area contributed by atoms with Gasteiger partial charge < -0.3 is 24.9 Å². The molecule has 0 aliphatic heterocycles. The van der Waals surface area contributed by atoms with Crippen LogP contribution >= 0.6 is 0 Å². The number of fused-ring (bicyclic) bond motifs is 4. The monoisotopic (exact) mass is 742 g/mol. The molecule has 55 heavy (non-hydrogen) atoms. The number of esters is 1. The summed E-state index contributed by atoms with van der Waals surface area (Å²) in [5, 5.41) is 4.86. The summed E-state index contributed by atoms with van der Waals surface area (Å²) in [5.74, 6) is -1.04. The van der Waals surface area contributed by atoms with Gasteiger partial charge in [0.2, 0.25) is 5.78 Å².